The molecule has 0 aliphatic rings. The van der Waals surface area contributed by atoms with Crippen molar-refractivity contribution in [1.82, 2.24) is 0 Å². The number of hydrogen-bond donors (Lipinski definition) is 1. The molecule has 1 unspecified atom stereocenters. The molecule has 1 aromatic heterocycles. The third-order valence-electron chi connectivity index (χ3n) is 10.1. The van der Waals surface area contributed by atoms with Crippen molar-refractivity contribution >= 4 is 19.8 Å². The van der Waals surface area contributed by atoms with Crippen molar-refractivity contribution < 1.29 is 51.6 Å². The van der Waals surface area contributed by atoms with E-state index in [1.807, 2.05) is 57.6 Å². The zero-order valence-corrected chi connectivity index (χ0v) is 39.4. The summed E-state index contributed by atoms with van der Waals surface area (Å²) >= 11 is 0. The molecule has 0 aliphatic heterocycles. The molecular weight excluding hydrogens is 781 g/mol. The lowest BCUT2D eigenvalue weighted by Crippen LogP contribution is -2.37. The fourth-order valence-corrected chi connectivity index (χ4v) is 6.97. The zero-order chi connectivity index (χ0) is 44.5. The van der Waals surface area contributed by atoms with Crippen LogP contribution in [0, 0.1) is 13.8 Å². The number of likely N-dealkylation sites (N-methyl/N-ethyl adjacent to an activating group) is 1. The van der Waals surface area contributed by atoms with Gasteiger partial charge in [-0.1, -0.05) is 114 Å². The van der Waals surface area contributed by atoms with Crippen molar-refractivity contribution in [2.24, 2.45) is 0 Å². The first-order valence-corrected chi connectivity index (χ1v) is 24.3. The number of phosphoric ester groups is 1. The molecule has 0 saturated carbocycles. The van der Waals surface area contributed by atoms with Gasteiger partial charge in [0.05, 0.1) is 33.9 Å². The monoisotopic (exact) mass is 864 g/mol. The Kier molecular flexibility index (Phi) is 31.1. The molecule has 344 valence electrons. The van der Waals surface area contributed by atoms with Gasteiger partial charge in [0.1, 0.15) is 31.3 Å². The quantitative estimate of drug-likeness (QED) is 0.0171. The van der Waals surface area contributed by atoms with Gasteiger partial charge in [-0.3, -0.25) is 14.2 Å². The Balaban J connectivity index is 2.40. The molecule has 0 radical (unpaired) electrons. The highest BCUT2D eigenvalue weighted by molar-refractivity contribution is 7.45. The Hall–Kier alpha value is -2.79. The lowest BCUT2D eigenvalue weighted by Gasteiger charge is -2.28. The van der Waals surface area contributed by atoms with Gasteiger partial charge in [-0.15, -0.1) is 0 Å². The van der Waals surface area contributed by atoms with Gasteiger partial charge in [-0.05, 0) is 82.8 Å². The van der Waals surface area contributed by atoms with Gasteiger partial charge in [-0.25, -0.2) is 0 Å². The van der Waals surface area contributed by atoms with Crippen LogP contribution in [0.2, 0.25) is 0 Å². The van der Waals surface area contributed by atoms with E-state index in [0.29, 0.717) is 36.7 Å². The maximum Gasteiger partial charge on any atom is 0.306 e. The van der Waals surface area contributed by atoms with Crippen molar-refractivity contribution in [3.63, 3.8) is 0 Å². The summed E-state index contributed by atoms with van der Waals surface area (Å²) in [4.78, 5) is 37.7. The number of ether oxygens (including phenoxy) is 2. The predicted molar refractivity (Wildman–Crippen MR) is 240 cm³/mol. The van der Waals surface area contributed by atoms with Crippen LogP contribution in [0.3, 0.4) is 0 Å². The molecule has 3 atom stereocenters. The van der Waals surface area contributed by atoms with E-state index in [1.165, 1.54) is 43.2 Å². The van der Waals surface area contributed by atoms with E-state index in [-0.39, 0.29) is 26.1 Å². The van der Waals surface area contributed by atoms with E-state index in [0.717, 1.165) is 75.7 Å². The number of hydrogen-bond acceptors (Lipinski definition) is 10. The van der Waals surface area contributed by atoms with Crippen molar-refractivity contribution in [3.8, 4) is 0 Å². The number of carbonyl (C=O) groups excluding carboxylic acids is 2. The van der Waals surface area contributed by atoms with Crippen LogP contribution in [0.15, 0.2) is 53.0 Å². The first-order chi connectivity index (χ1) is 28.7. The van der Waals surface area contributed by atoms with E-state index >= 15 is 0 Å². The Morgan fingerprint density at radius 1 is 0.733 bits per heavy atom. The van der Waals surface area contributed by atoms with Crippen LogP contribution in [0.1, 0.15) is 158 Å². The van der Waals surface area contributed by atoms with Gasteiger partial charge in [0, 0.05) is 25.7 Å². The van der Waals surface area contributed by atoms with Gasteiger partial charge in [0.2, 0.25) is 0 Å². The molecule has 1 rings (SSSR count). The molecule has 12 heteroatoms. The Labute approximate surface area is 363 Å². The number of carbonyl (C=O) groups is 2. The van der Waals surface area contributed by atoms with E-state index in [9.17, 15) is 24.2 Å². The Morgan fingerprint density at radius 2 is 1.37 bits per heavy atom. The third kappa shape index (κ3) is 30.3. The number of esters is 2. The van der Waals surface area contributed by atoms with Gasteiger partial charge in [0.15, 0.2) is 6.10 Å². The highest BCUT2D eigenvalue weighted by Crippen LogP contribution is 2.38. The summed E-state index contributed by atoms with van der Waals surface area (Å²) in [5, 5.41) is 10.1. The third-order valence-corrected chi connectivity index (χ3v) is 11.1. The molecule has 0 fully saturated rings. The number of phosphoric acid groups is 1. The van der Waals surface area contributed by atoms with Crippen LogP contribution in [0.5, 0.6) is 0 Å². The molecule has 0 bridgehead atoms. The van der Waals surface area contributed by atoms with Crippen LogP contribution in [0.4, 0.5) is 0 Å². The number of aryl methyl sites for hydroxylation is 2. The molecule has 0 aliphatic carbocycles. The molecule has 0 amide bonds. The van der Waals surface area contributed by atoms with Crippen LogP contribution in [-0.4, -0.2) is 81.2 Å². The smallest absolute Gasteiger partial charge is 0.306 e. The Morgan fingerprint density at radius 3 is 2.05 bits per heavy atom. The number of aliphatic hydroxyl groups is 1. The topological polar surface area (TPSA) is 145 Å². The average Bonchev–Trinajstić information content (AvgIpc) is 3.45. The van der Waals surface area contributed by atoms with E-state index in [1.54, 1.807) is 6.08 Å². The number of aliphatic hydroxyl groups excluding tert-OH is 1. The summed E-state index contributed by atoms with van der Waals surface area (Å²) in [6.45, 7) is 8.24. The minimum atomic E-state index is -4.67. The number of unbranched alkanes of at least 4 members (excludes halogenated alkanes) is 11. The van der Waals surface area contributed by atoms with Crippen LogP contribution < -0.4 is 4.89 Å². The van der Waals surface area contributed by atoms with E-state index < -0.39 is 38.6 Å². The van der Waals surface area contributed by atoms with Crippen molar-refractivity contribution in [3.05, 3.63) is 71.3 Å². The first kappa shape index (κ1) is 55.2. The van der Waals surface area contributed by atoms with Gasteiger partial charge >= 0.3 is 11.9 Å². The number of quaternary nitrogens is 1. The highest BCUT2D eigenvalue weighted by Gasteiger charge is 2.22. The first-order valence-electron chi connectivity index (χ1n) is 22.8. The molecule has 1 N–H and O–H groups in total. The van der Waals surface area contributed by atoms with Gasteiger partial charge in [-0.2, -0.15) is 0 Å². The van der Waals surface area contributed by atoms with E-state index in [2.05, 4.69) is 33.8 Å². The molecule has 0 spiro atoms. The normalized spacial score (nSPS) is 14.5. The second-order valence-corrected chi connectivity index (χ2v) is 18.3. The molecular formula is C48H82NO10P. The lowest BCUT2D eigenvalue weighted by atomic mass is 10.0. The minimum absolute atomic E-state index is 0.0587. The Bertz CT molecular complexity index is 1460. The molecule has 1 heterocycles. The predicted octanol–water partition coefficient (Wildman–Crippen LogP) is 10.7. The van der Waals surface area contributed by atoms with Crippen LogP contribution >= 0.6 is 7.82 Å². The maximum atomic E-state index is 12.7. The molecule has 0 aromatic carbocycles. The van der Waals surface area contributed by atoms with Crippen molar-refractivity contribution in [2.45, 2.75) is 175 Å². The molecule has 11 nitrogen and oxygen atoms in total. The summed E-state index contributed by atoms with van der Waals surface area (Å²) in [6, 6.07) is 0. The second-order valence-electron chi connectivity index (χ2n) is 16.8. The summed E-state index contributed by atoms with van der Waals surface area (Å²) < 4.78 is 40.0. The van der Waals surface area contributed by atoms with Gasteiger partial charge < -0.3 is 37.4 Å². The second kappa shape index (κ2) is 33.8. The fraction of sp³-hybridized carbons (Fsp3) is 0.708. The molecule has 0 saturated heterocycles. The van der Waals surface area contributed by atoms with Crippen LogP contribution in [0.25, 0.3) is 0 Å². The summed E-state index contributed by atoms with van der Waals surface area (Å²) in [5.74, 6) is 1.31. The maximum absolute atomic E-state index is 12.7. The zero-order valence-electron chi connectivity index (χ0n) is 38.5. The van der Waals surface area contributed by atoms with Crippen molar-refractivity contribution in [2.75, 3.05) is 47.5 Å². The average molecular weight is 864 g/mol. The minimum Gasteiger partial charge on any atom is -0.756 e. The van der Waals surface area contributed by atoms with Crippen LogP contribution in [-0.2, 0) is 45.5 Å². The number of furan rings is 1. The summed E-state index contributed by atoms with van der Waals surface area (Å²) in [6.07, 6.45) is 33.0. The lowest BCUT2D eigenvalue weighted by molar-refractivity contribution is -0.870. The summed E-state index contributed by atoms with van der Waals surface area (Å²) in [7, 11) is 1.07. The van der Waals surface area contributed by atoms with Gasteiger partial charge in [0.25, 0.3) is 7.82 Å². The largest absolute Gasteiger partial charge is 0.756 e. The van der Waals surface area contributed by atoms with E-state index in [4.69, 9.17) is 22.9 Å². The highest BCUT2D eigenvalue weighted by atomic mass is 31.2. The number of nitrogens with zero attached hydrogens (tertiary/aromatic N) is 1. The number of rotatable bonds is 37. The fourth-order valence-electron chi connectivity index (χ4n) is 6.24. The summed E-state index contributed by atoms with van der Waals surface area (Å²) in [5.41, 5.74) is 2.61. The van der Waals surface area contributed by atoms with Crippen molar-refractivity contribution in [1.29, 1.82) is 0 Å². The molecule has 1 aromatic rings. The molecule has 60 heavy (non-hydrogen) atoms. The SMILES string of the molecule is CCCCC/C=C\C=C/[C@@H](O)C/C=C\C/C=C/CCCC(=O)OC[C@H](COP(=O)([O-])OCC[N+](C)(C)C)OC(=O)CCCCCCCCCCc1oc(CCC)c(C)c1C. The number of allylic oxidation sites excluding steroid dienone is 6. The standard InChI is InChI=1S/C48H82NO10P/c1-8-10-11-12-16-21-26-32-43(50)33-27-22-17-15-20-24-29-35-47(51)55-39-44(40-57-60(53,54)56-38-37-49(5,6)7)58-48(52)36-30-25-19-14-13-18-23-28-34-46-42(4)41(3)45(59-46)31-9-2/h15-16,20-22,26-27,32,43-44,50H,8-14,17-19,23-25,28-31,33-40H2,1-7H3/b20-15+,21-16-,27-22-,32-26-/t43-,44-/m1/s1.